The lowest BCUT2D eigenvalue weighted by Gasteiger charge is -2.24. The molecule has 1 aliphatic rings. The van der Waals surface area contributed by atoms with Crippen molar-refractivity contribution in [1.29, 1.82) is 0 Å². The molecular weight excluding hydrogens is 400 g/mol. The van der Waals surface area contributed by atoms with E-state index in [0.29, 0.717) is 26.4 Å². The Morgan fingerprint density at radius 2 is 1.12 bits per heavy atom. The van der Waals surface area contributed by atoms with Crippen LogP contribution >= 0.6 is 0 Å². The number of hydrogen-bond donors (Lipinski definition) is 0. The standard InChI is InChI=1S/C28H30O4/c1-2-25-27(30-19-23-14-8-4-9-15-23)28(31-20-24-16-10-5-11-17-24)26(32-25)21-29-18-22-12-6-3-7-13-22/h2-17,25-28H,1,18-21H2/t25-,26-,27-,28-/m1/s1. The Hall–Kier alpha value is -2.76. The fourth-order valence-electron chi connectivity index (χ4n) is 3.87. The van der Waals surface area contributed by atoms with Crippen molar-refractivity contribution in [3.05, 3.63) is 120 Å². The van der Waals surface area contributed by atoms with E-state index in [2.05, 4.69) is 43.0 Å². The van der Waals surface area contributed by atoms with Gasteiger partial charge in [0, 0.05) is 0 Å². The predicted molar refractivity (Wildman–Crippen MR) is 125 cm³/mol. The van der Waals surface area contributed by atoms with Gasteiger partial charge in [0.15, 0.2) is 0 Å². The van der Waals surface area contributed by atoms with Gasteiger partial charge in [-0.05, 0) is 16.7 Å². The van der Waals surface area contributed by atoms with Gasteiger partial charge in [0.05, 0.1) is 26.4 Å². The molecule has 0 aliphatic carbocycles. The van der Waals surface area contributed by atoms with Crippen LogP contribution in [-0.2, 0) is 38.8 Å². The lowest BCUT2D eigenvalue weighted by Crippen LogP contribution is -2.38. The fraction of sp³-hybridized carbons (Fsp3) is 0.286. The SMILES string of the molecule is C=C[C@H]1O[C@H](COCc2ccccc2)[C@@H](OCc2ccccc2)[C@@H]1OCc1ccccc1. The van der Waals surface area contributed by atoms with Crippen molar-refractivity contribution in [2.24, 2.45) is 0 Å². The highest BCUT2D eigenvalue weighted by Gasteiger charge is 2.45. The Balaban J connectivity index is 1.43. The summed E-state index contributed by atoms with van der Waals surface area (Å²) in [5, 5.41) is 0. The second-order valence-corrected chi connectivity index (χ2v) is 7.90. The minimum Gasteiger partial charge on any atom is -0.374 e. The monoisotopic (exact) mass is 430 g/mol. The molecule has 0 N–H and O–H groups in total. The molecule has 0 spiro atoms. The van der Waals surface area contributed by atoms with E-state index in [4.69, 9.17) is 18.9 Å². The summed E-state index contributed by atoms with van der Waals surface area (Å²) in [6.07, 6.45) is 0.765. The third kappa shape index (κ3) is 6.15. The molecule has 0 aromatic heterocycles. The summed E-state index contributed by atoms with van der Waals surface area (Å²) >= 11 is 0. The summed E-state index contributed by atoms with van der Waals surface area (Å²) in [5.41, 5.74) is 3.35. The van der Waals surface area contributed by atoms with E-state index in [9.17, 15) is 0 Å². The highest BCUT2D eigenvalue weighted by molar-refractivity contribution is 5.15. The summed E-state index contributed by atoms with van der Waals surface area (Å²) in [6, 6.07) is 30.4. The topological polar surface area (TPSA) is 36.9 Å². The molecule has 0 unspecified atom stereocenters. The first-order valence-electron chi connectivity index (χ1n) is 11.0. The molecular formula is C28H30O4. The molecule has 3 aromatic carbocycles. The van der Waals surface area contributed by atoms with Gasteiger partial charge in [-0.15, -0.1) is 6.58 Å². The Morgan fingerprint density at radius 1 is 0.656 bits per heavy atom. The number of benzene rings is 3. The van der Waals surface area contributed by atoms with E-state index in [1.807, 2.05) is 54.6 Å². The first kappa shape index (κ1) is 22.4. The van der Waals surface area contributed by atoms with E-state index in [-0.39, 0.29) is 24.4 Å². The van der Waals surface area contributed by atoms with E-state index in [1.54, 1.807) is 6.08 Å². The van der Waals surface area contributed by atoms with Gasteiger partial charge in [0.25, 0.3) is 0 Å². The van der Waals surface area contributed by atoms with E-state index in [0.717, 1.165) is 16.7 Å². The van der Waals surface area contributed by atoms with Crippen molar-refractivity contribution in [1.82, 2.24) is 0 Å². The lowest BCUT2D eigenvalue weighted by molar-refractivity contribution is -0.0896. The zero-order valence-electron chi connectivity index (χ0n) is 18.2. The van der Waals surface area contributed by atoms with Crippen molar-refractivity contribution < 1.29 is 18.9 Å². The normalized spacial score (nSPS) is 22.6. The molecule has 1 heterocycles. The highest BCUT2D eigenvalue weighted by atomic mass is 16.6. The average molecular weight is 431 g/mol. The Bertz CT molecular complexity index is 929. The van der Waals surface area contributed by atoms with Gasteiger partial charge in [0.2, 0.25) is 0 Å². The molecule has 3 aromatic rings. The molecule has 4 nitrogen and oxygen atoms in total. The van der Waals surface area contributed by atoms with Crippen molar-refractivity contribution in [2.45, 2.75) is 44.2 Å². The number of rotatable bonds is 11. The van der Waals surface area contributed by atoms with E-state index < -0.39 is 0 Å². The molecule has 0 radical (unpaired) electrons. The smallest absolute Gasteiger partial charge is 0.116 e. The lowest BCUT2D eigenvalue weighted by atomic mass is 10.1. The maximum Gasteiger partial charge on any atom is 0.116 e. The van der Waals surface area contributed by atoms with Crippen molar-refractivity contribution >= 4 is 0 Å². The largest absolute Gasteiger partial charge is 0.374 e. The summed E-state index contributed by atoms with van der Waals surface area (Å²) in [5.74, 6) is 0. The molecule has 1 aliphatic heterocycles. The van der Waals surface area contributed by atoms with E-state index >= 15 is 0 Å². The molecule has 0 saturated carbocycles. The van der Waals surface area contributed by atoms with Gasteiger partial charge in [0.1, 0.15) is 24.4 Å². The van der Waals surface area contributed by atoms with Crippen LogP contribution in [0.15, 0.2) is 104 Å². The van der Waals surface area contributed by atoms with Gasteiger partial charge >= 0.3 is 0 Å². The van der Waals surface area contributed by atoms with Crippen LogP contribution < -0.4 is 0 Å². The van der Waals surface area contributed by atoms with Gasteiger partial charge in [-0.1, -0.05) is 97.1 Å². The third-order valence-electron chi connectivity index (χ3n) is 5.54. The molecule has 4 heteroatoms. The minimum absolute atomic E-state index is 0.244. The molecule has 4 rings (SSSR count). The Morgan fingerprint density at radius 3 is 1.62 bits per heavy atom. The average Bonchev–Trinajstić information content (AvgIpc) is 3.19. The molecule has 32 heavy (non-hydrogen) atoms. The van der Waals surface area contributed by atoms with Crippen LogP contribution in [0.3, 0.4) is 0 Å². The predicted octanol–water partition coefficient (Wildman–Crippen LogP) is 5.33. The van der Waals surface area contributed by atoms with Crippen LogP contribution in [0.4, 0.5) is 0 Å². The fourth-order valence-corrected chi connectivity index (χ4v) is 3.87. The summed E-state index contributed by atoms with van der Waals surface area (Å²) in [4.78, 5) is 0. The van der Waals surface area contributed by atoms with Crippen molar-refractivity contribution in [3.8, 4) is 0 Å². The van der Waals surface area contributed by atoms with Crippen LogP contribution in [0, 0.1) is 0 Å². The van der Waals surface area contributed by atoms with Crippen molar-refractivity contribution in [2.75, 3.05) is 6.61 Å². The molecule has 1 fully saturated rings. The van der Waals surface area contributed by atoms with Gasteiger partial charge in [-0.3, -0.25) is 0 Å². The second kappa shape index (κ2) is 11.7. The molecule has 166 valence electrons. The van der Waals surface area contributed by atoms with Crippen LogP contribution in [0.1, 0.15) is 16.7 Å². The zero-order valence-corrected chi connectivity index (χ0v) is 18.2. The van der Waals surface area contributed by atoms with Gasteiger partial charge in [-0.2, -0.15) is 0 Å². The maximum absolute atomic E-state index is 6.36. The van der Waals surface area contributed by atoms with Crippen LogP contribution in [-0.4, -0.2) is 31.0 Å². The van der Waals surface area contributed by atoms with Crippen molar-refractivity contribution in [3.63, 3.8) is 0 Å². The molecule has 4 atom stereocenters. The highest BCUT2D eigenvalue weighted by Crippen LogP contribution is 2.29. The molecule has 0 bridgehead atoms. The first-order valence-corrected chi connectivity index (χ1v) is 11.0. The van der Waals surface area contributed by atoms with Gasteiger partial charge < -0.3 is 18.9 Å². The molecule has 0 amide bonds. The molecule has 1 saturated heterocycles. The first-order chi connectivity index (χ1) is 15.8. The Kier molecular flexibility index (Phi) is 8.23. The number of hydrogen-bond acceptors (Lipinski definition) is 4. The summed E-state index contributed by atoms with van der Waals surface area (Å²) in [7, 11) is 0. The summed E-state index contributed by atoms with van der Waals surface area (Å²) < 4.78 is 24.9. The minimum atomic E-state index is -0.266. The number of ether oxygens (including phenoxy) is 4. The summed E-state index contributed by atoms with van der Waals surface area (Å²) in [6.45, 7) is 5.88. The van der Waals surface area contributed by atoms with Crippen LogP contribution in [0.5, 0.6) is 0 Å². The van der Waals surface area contributed by atoms with E-state index in [1.165, 1.54) is 0 Å². The zero-order chi connectivity index (χ0) is 22.0. The third-order valence-corrected chi connectivity index (χ3v) is 5.54. The van der Waals surface area contributed by atoms with Crippen LogP contribution in [0.2, 0.25) is 0 Å². The maximum atomic E-state index is 6.36. The quantitative estimate of drug-likeness (QED) is 0.386. The van der Waals surface area contributed by atoms with Gasteiger partial charge in [-0.25, -0.2) is 0 Å². The van der Waals surface area contributed by atoms with Crippen LogP contribution in [0.25, 0.3) is 0 Å². The second-order valence-electron chi connectivity index (χ2n) is 7.90. The Labute approximate surface area is 190 Å².